The second-order valence-electron chi connectivity index (χ2n) is 5.65. The van der Waals surface area contributed by atoms with Gasteiger partial charge in [-0.05, 0) is 45.5 Å². The number of nitrogens with one attached hydrogen (secondary N) is 2. The number of rotatable bonds is 6. The molecule has 1 aromatic rings. The van der Waals surface area contributed by atoms with Gasteiger partial charge in [0.2, 0.25) is 5.91 Å². The molecule has 0 bridgehead atoms. The number of hydrogen-bond acceptors (Lipinski definition) is 4. The van der Waals surface area contributed by atoms with Crippen molar-refractivity contribution in [1.29, 1.82) is 0 Å². The average molecular weight is 279 g/mol. The second-order valence-corrected chi connectivity index (χ2v) is 5.65. The van der Waals surface area contributed by atoms with E-state index in [1.807, 2.05) is 26.1 Å². The Morgan fingerprint density at radius 2 is 2.45 bits per heavy atom. The van der Waals surface area contributed by atoms with Crippen molar-refractivity contribution >= 4 is 5.91 Å². The van der Waals surface area contributed by atoms with Crippen LogP contribution in [-0.4, -0.2) is 43.5 Å². The van der Waals surface area contributed by atoms with Gasteiger partial charge in [-0.2, -0.15) is 0 Å². The van der Waals surface area contributed by atoms with E-state index in [9.17, 15) is 4.79 Å². The molecule has 1 aliphatic heterocycles. The molecule has 2 rings (SSSR count). The number of amides is 1. The fourth-order valence-corrected chi connectivity index (χ4v) is 2.66. The molecule has 20 heavy (non-hydrogen) atoms. The summed E-state index contributed by atoms with van der Waals surface area (Å²) >= 11 is 0. The van der Waals surface area contributed by atoms with E-state index in [4.69, 9.17) is 4.42 Å². The Labute approximate surface area is 120 Å². The van der Waals surface area contributed by atoms with Gasteiger partial charge >= 0.3 is 0 Å². The van der Waals surface area contributed by atoms with Gasteiger partial charge in [-0.25, -0.2) is 0 Å². The minimum Gasteiger partial charge on any atom is -0.467 e. The van der Waals surface area contributed by atoms with Crippen molar-refractivity contribution < 1.29 is 9.21 Å². The van der Waals surface area contributed by atoms with Gasteiger partial charge < -0.3 is 15.1 Å². The highest BCUT2D eigenvalue weighted by molar-refractivity contribution is 5.78. The molecule has 0 spiro atoms. The first-order chi connectivity index (χ1) is 9.65. The number of piperidine rings is 1. The van der Waals surface area contributed by atoms with E-state index in [0.717, 1.165) is 18.8 Å². The maximum Gasteiger partial charge on any atom is 0.234 e. The van der Waals surface area contributed by atoms with E-state index in [2.05, 4.69) is 15.5 Å². The average Bonchev–Trinajstić information content (AvgIpc) is 2.93. The fraction of sp³-hybridized carbons (Fsp3) is 0.667. The van der Waals surface area contributed by atoms with E-state index in [-0.39, 0.29) is 11.9 Å². The van der Waals surface area contributed by atoms with Gasteiger partial charge in [0.05, 0.1) is 18.8 Å². The molecule has 0 saturated carbocycles. The van der Waals surface area contributed by atoms with E-state index in [0.29, 0.717) is 12.6 Å². The van der Waals surface area contributed by atoms with Gasteiger partial charge in [0.1, 0.15) is 5.76 Å². The molecule has 0 radical (unpaired) electrons. The molecule has 2 heterocycles. The van der Waals surface area contributed by atoms with Crippen molar-refractivity contribution in [2.45, 2.75) is 38.3 Å². The zero-order chi connectivity index (χ0) is 14.4. The molecule has 1 aliphatic rings. The van der Waals surface area contributed by atoms with Crippen LogP contribution in [-0.2, 0) is 4.79 Å². The van der Waals surface area contributed by atoms with Crippen LogP contribution < -0.4 is 10.6 Å². The van der Waals surface area contributed by atoms with Crippen LogP contribution in [0.4, 0.5) is 0 Å². The Hall–Kier alpha value is -1.33. The van der Waals surface area contributed by atoms with E-state index >= 15 is 0 Å². The quantitative estimate of drug-likeness (QED) is 0.829. The first kappa shape index (κ1) is 15.1. The lowest BCUT2D eigenvalue weighted by atomic mass is 10.0. The molecule has 2 atom stereocenters. The van der Waals surface area contributed by atoms with Gasteiger partial charge in [-0.15, -0.1) is 0 Å². The molecule has 2 N–H and O–H groups in total. The first-order valence-corrected chi connectivity index (χ1v) is 7.40. The Kier molecular flexibility index (Phi) is 5.61. The Balaban J connectivity index is 1.70. The molecule has 1 fully saturated rings. The molecule has 2 unspecified atom stereocenters. The lowest BCUT2D eigenvalue weighted by Crippen LogP contribution is -2.45. The van der Waals surface area contributed by atoms with Crippen LogP contribution in [0.2, 0.25) is 0 Å². The lowest BCUT2D eigenvalue weighted by Gasteiger charge is -2.28. The van der Waals surface area contributed by atoms with Crippen molar-refractivity contribution in [2.75, 3.05) is 26.7 Å². The summed E-state index contributed by atoms with van der Waals surface area (Å²) in [4.78, 5) is 14.1. The van der Waals surface area contributed by atoms with Crippen molar-refractivity contribution in [3.05, 3.63) is 24.2 Å². The highest BCUT2D eigenvalue weighted by Crippen LogP contribution is 2.12. The Morgan fingerprint density at radius 3 is 3.10 bits per heavy atom. The summed E-state index contributed by atoms with van der Waals surface area (Å²) in [6, 6.07) is 4.14. The van der Waals surface area contributed by atoms with Crippen molar-refractivity contribution in [1.82, 2.24) is 15.5 Å². The molecule has 0 aromatic carbocycles. The molecular formula is C15H25N3O2. The summed E-state index contributed by atoms with van der Waals surface area (Å²) in [7, 11) is 1.99. The van der Waals surface area contributed by atoms with E-state index in [1.165, 1.54) is 19.3 Å². The van der Waals surface area contributed by atoms with Crippen molar-refractivity contribution in [3.8, 4) is 0 Å². The second kappa shape index (κ2) is 7.45. The maximum atomic E-state index is 12.0. The largest absolute Gasteiger partial charge is 0.467 e. The number of hydrogen-bond donors (Lipinski definition) is 2. The number of carbonyl (C=O) groups is 1. The monoisotopic (exact) mass is 279 g/mol. The third-order valence-electron chi connectivity index (χ3n) is 3.71. The van der Waals surface area contributed by atoms with Crippen LogP contribution in [0.25, 0.3) is 0 Å². The summed E-state index contributed by atoms with van der Waals surface area (Å²) in [5, 5.41) is 6.45. The molecule has 112 valence electrons. The minimum absolute atomic E-state index is 0.0345. The van der Waals surface area contributed by atoms with Crippen molar-refractivity contribution in [3.63, 3.8) is 0 Å². The van der Waals surface area contributed by atoms with Gasteiger partial charge in [0.25, 0.3) is 0 Å². The Bertz CT molecular complexity index is 399. The van der Waals surface area contributed by atoms with Gasteiger partial charge in [-0.1, -0.05) is 6.42 Å². The van der Waals surface area contributed by atoms with Gasteiger partial charge in [-0.3, -0.25) is 9.69 Å². The summed E-state index contributed by atoms with van der Waals surface area (Å²) in [5.41, 5.74) is 0. The zero-order valence-electron chi connectivity index (χ0n) is 12.4. The summed E-state index contributed by atoms with van der Waals surface area (Å²) in [6.07, 6.45) is 5.38. The first-order valence-electron chi connectivity index (χ1n) is 7.40. The molecule has 5 nitrogen and oxygen atoms in total. The molecule has 0 aliphatic carbocycles. The molecule has 1 aromatic heterocycles. The molecule has 1 amide bonds. The van der Waals surface area contributed by atoms with Crippen molar-refractivity contribution in [2.24, 2.45) is 0 Å². The smallest absolute Gasteiger partial charge is 0.234 e. The van der Waals surface area contributed by atoms with Crippen LogP contribution in [0.15, 0.2) is 22.8 Å². The Morgan fingerprint density at radius 1 is 1.60 bits per heavy atom. The van der Waals surface area contributed by atoms with Gasteiger partial charge in [0, 0.05) is 12.6 Å². The van der Waals surface area contributed by atoms with Crippen LogP contribution in [0.1, 0.15) is 38.0 Å². The number of nitrogens with zero attached hydrogens (tertiary/aromatic N) is 1. The van der Waals surface area contributed by atoms with Crippen LogP contribution >= 0.6 is 0 Å². The summed E-state index contributed by atoms with van der Waals surface area (Å²) in [6.45, 7) is 4.37. The zero-order valence-corrected chi connectivity index (χ0v) is 12.4. The highest BCUT2D eigenvalue weighted by atomic mass is 16.3. The van der Waals surface area contributed by atoms with Crippen LogP contribution in [0.3, 0.4) is 0 Å². The SMILES string of the molecule is CC(NC(=O)CN(C)CC1CCCCN1)c1ccco1. The lowest BCUT2D eigenvalue weighted by molar-refractivity contribution is -0.122. The fourth-order valence-electron chi connectivity index (χ4n) is 2.66. The number of likely N-dealkylation sites (N-methyl/N-ethyl adjacent to an activating group) is 1. The third-order valence-corrected chi connectivity index (χ3v) is 3.71. The topological polar surface area (TPSA) is 57.5 Å². The normalized spacial score (nSPS) is 20.9. The van der Waals surface area contributed by atoms with E-state index < -0.39 is 0 Å². The third kappa shape index (κ3) is 4.65. The van der Waals surface area contributed by atoms with Crippen LogP contribution in [0, 0.1) is 0 Å². The maximum absolute atomic E-state index is 12.0. The standard InChI is InChI=1S/C15H25N3O2/c1-12(14-7-5-9-20-14)17-15(19)11-18(2)10-13-6-3-4-8-16-13/h5,7,9,12-13,16H,3-4,6,8,10-11H2,1-2H3,(H,17,19). The van der Waals surface area contributed by atoms with Gasteiger partial charge in [0.15, 0.2) is 0 Å². The van der Waals surface area contributed by atoms with E-state index in [1.54, 1.807) is 6.26 Å². The number of furan rings is 1. The predicted octanol–water partition coefficient (Wildman–Crippen LogP) is 1.53. The molecular weight excluding hydrogens is 254 g/mol. The minimum atomic E-state index is -0.0845. The van der Waals surface area contributed by atoms with Crippen LogP contribution in [0.5, 0.6) is 0 Å². The summed E-state index contributed by atoms with van der Waals surface area (Å²) < 4.78 is 5.28. The number of carbonyl (C=O) groups excluding carboxylic acids is 1. The summed E-state index contributed by atoms with van der Waals surface area (Å²) in [5.74, 6) is 0.821. The highest BCUT2D eigenvalue weighted by Gasteiger charge is 2.17. The predicted molar refractivity (Wildman–Crippen MR) is 78.4 cm³/mol. The molecule has 1 saturated heterocycles. The molecule has 5 heteroatoms.